The van der Waals surface area contributed by atoms with Gasteiger partial charge in [0, 0.05) is 19.2 Å². The number of ether oxygens (including phenoxy) is 1. The predicted octanol–water partition coefficient (Wildman–Crippen LogP) is 2.37. The highest BCUT2D eigenvalue weighted by molar-refractivity contribution is 8.04. The van der Waals surface area contributed by atoms with Gasteiger partial charge in [0.2, 0.25) is 0 Å². The number of allylic oxidation sites excluding steroid dienone is 1. The van der Waals surface area contributed by atoms with Gasteiger partial charge in [-0.25, -0.2) is 4.99 Å². The molecule has 1 aromatic carbocycles. The van der Waals surface area contributed by atoms with Crippen LogP contribution in [0.4, 0.5) is 11.4 Å². The summed E-state index contributed by atoms with van der Waals surface area (Å²) in [4.78, 5) is 20.6. The van der Waals surface area contributed by atoms with Crippen LogP contribution in [0.25, 0.3) is 0 Å². The van der Waals surface area contributed by atoms with E-state index in [1.165, 1.54) is 0 Å². The standard InChI is InChI=1S/C18H24N4O2S/c1-18(7-4-10-25-18)17(19)20-13-5-6-14-15(11-13)24-12-16(23)22(14)9-8-21(2)3/h4-6,10-11H,7-9,12H2,1-3H3,(H2,19,20). The number of hydrogen-bond acceptors (Lipinski definition) is 5. The Morgan fingerprint density at radius 1 is 1.48 bits per heavy atom. The smallest absolute Gasteiger partial charge is 0.265 e. The van der Waals surface area contributed by atoms with Gasteiger partial charge >= 0.3 is 0 Å². The molecule has 0 spiro atoms. The maximum absolute atomic E-state index is 12.2. The van der Waals surface area contributed by atoms with Gasteiger partial charge < -0.3 is 20.3 Å². The van der Waals surface area contributed by atoms with Gasteiger partial charge in [0.1, 0.15) is 11.6 Å². The third-order valence-corrected chi connectivity index (χ3v) is 5.60. The summed E-state index contributed by atoms with van der Waals surface area (Å²) >= 11 is 1.69. The van der Waals surface area contributed by atoms with E-state index in [1.54, 1.807) is 16.7 Å². The quantitative estimate of drug-likeness (QED) is 0.645. The van der Waals surface area contributed by atoms with Crippen molar-refractivity contribution in [2.24, 2.45) is 10.7 Å². The Kier molecular flexibility index (Phi) is 5.06. The second-order valence-corrected chi connectivity index (χ2v) is 8.12. The molecule has 1 aromatic rings. The van der Waals surface area contributed by atoms with Crippen molar-refractivity contribution in [3.05, 3.63) is 29.7 Å². The van der Waals surface area contributed by atoms with Crippen LogP contribution in [0, 0.1) is 0 Å². The van der Waals surface area contributed by atoms with E-state index in [9.17, 15) is 4.79 Å². The Bertz CT molecular complexity index is 722. The first-order valence-corrected chi connectivity index (χ1v) is 9.16. The summed E-state index contributed by atoms with van der Waals surface area (Å²) in [6.45, 7) is 3.57. The lowest BCUT2D eigenvalue weighted by molar-refractivity contribution is -0.121. The van der Waals surface area contributed by atoms with Crippen LogP contribution < -0.4 is 15.4 Å². The van der Waals surface area contributed by atoms with E-state index in [0.29, 0.717) is 18.1 Å². The molecule has 3 rings (SSSR count). The van der Waals surface area contributed by atoms with Crippen molar-refractivity contribution in [2.45, 2.75) is 18.1 Å². The Morgan fingerprint density at radius 3 is 2.96 bits per heavy atom. The number of carbonyl (C=O) groups excluding carboxylic acids is 1. The maximum Gasteiger partial charge on any atom is 0.265 e. The zero-order valence-corrected chi connectivity index (χ0v) is 15.7. The molecular formula is C18H24N4O2S. The number of amides is 1. The van der Waals surface area contributed by atoms with Crippen LogP contribution in [-0.4, -0.2) is 55.2 Å². The largest absolute Gasteiger partial charge is 0.481 e. The highest BCUT2D eigenvalue weighted by Crippen LogP contribution is 2.38. The van der Waals surface area contributed by atoms with Crippen LogP contribution in [0.5, 0.6) is 5.75 Å². The van der Waals surface area contributed by atoms with Gasteiger partial charge in [0.15, 0.2) is 6.61 Å². The molecular weight excluding hydrogens is 336 g/mol. The molecule has 0 aliphatic carbocycles. The van der Waals surface area contributed by atoms with E-state index in [-0.39, 0.29) is 17.3 Å². The number of thioether (sulfide) groups is 1. The van der Waals surface area contributed by atoms with Crippen molar-refractivity contribution in [3.63, 3.8) is 0 Å². The fourth-order valence-electron chi connectivity index (χ4n) is 2.75. The summed E-state index contributed by atoms with van der Waals surface area (Å²) in [7, 11) is 3.98. The topological polar surface area (TPSA) is 71.2 Å². The Balaban J connectivity index is 1.83. The number of nitrogens with two attached hydrogens (primary N) is 1. The van der Waals surface area contributed by atoms with Crippen molar-refractivity contribution in [1.29, 1.82) is 0 Å². The SMILES string of the molecule is CN(C)CCN1C(=O)COc2cc(N=C(N)C3(C)CC=CS3)ccc21. The first-order chi connectivity index (χ1) is 11.9. The molecule has 2 N–H and O–H groups in total. The first kappa shape index (κ1) is 17.8. The van der Waals surface area contributed by atoms with E-state index in [4.69, 9.17) is 10.5 Å². The van der Waals surface area contributed by atoms with E-state index >= 15 is 0 Å². The third kappa shape index (κ3) is 3.82. The minimum Gasteiger partial charge on any atom is -0.481 e. The van der Waals surface area contributed by atoms with Crippen LogP contribution in [0.2, 0.25) is 0 Å². The Hall–Kier alpha value is -1.99. The molecule has 25 heavy (non-hydrogen) atoms. The Morgan fingerprint density at radius 2 is 2.28 bits per heavy atom. The predicted molar refractivity (Wildman–Crippen MR) is 104 cm³/mol. The van der Waals surface area contributed by atoms with E-state index < -0.39 is 0 Å². The number of fused-ring (bicyclic) bond motifs is 1. The van der Waals surface area contributed by atoms with Gasteiger partial charge in [-0.15, -0.1) is 11.8 Å². The van der Waals surface area contributed by atoms with Crippen LogP contribution in [0.15, 0.2) is 34.7 Å². The first-order valence-electron chi connectivity index (χ1n) is 8.28. The number of carbonyl (C=O) groups is 1. The third-order valence-electron chi connectivity index (χ3n) is 4.38. The maximum atomic E-state index is 12.2. The number of hydrogen-bond donors (Lipinski definition) is 1. The lowest BCUT2D eigenvalue weighted by Gasteiger charge is -2.30. The summed E-state index contributed by atoms with van der Waals surface area (Å²) in [6.07, 6.45) is 2.98. The average molecular weight is 360 g/mol. The summed E-state index contributed by atoms with van der Waals surface area (Å²) in [5, 5.41) is 2.06. The molecule has 0 saturated carbocycles. The van der Waals surface area contributed by atoms with Gasteiger partial charge in [0.25, 0.3) is 5.91 Å². The van der Waals surface area contributed by atoms with Crippen LogP contribution in [-0.2, 0) is 4.79 Å². The lowest BCUT2D eigenvalue weighted by Crippen LogP contribution is -2.42. The molecule has 1 atom stereocenters. The molecule has 1 unspecified atom stereocenters. The molecule has 2 aliphatic heterocycles. The lowest BCUT2D eigenvalue weighted by atomic mass is 10.1. The molecule has 7 heteroatoms. The van der Waals surface area contributed by atoms with Crippen molar-refractivity contribution < 1.29 is 9.53 Å². The average Bonchev–Trinajstić information content (AvgIpc) is 3.02. The van der Waals surface area contributed by atoms with Crippen LogP contribution in [0.1, 0.15) is 13.3 Å². The summed E-state index contributed by atoms with van der Waals surface area (Å²) in [5.41, 5.74) is 7.76. The normalized spacial score (nSPS) is 23.1. The van der Waals surface area contributed by atoms with Gasteiger partial charge in [-0.1, -0.05) is 6.08 Å². The number of likely N-dealkylation sites (N-methyl/N-ethyl adjacent to an activating group) is 1. The highest BCUT2D eigenvalue weighted by Gasteiger charge is 2.31. The van der Waals surface area contributed by atoms with E-state index in [2.05, 4.69) is 28.3 Å². The molecule has 134 valence electrons. The molecule has 0 bridgehead atoms. The molecule has 6 nitrogen and oxygen atoms in total. The van der Waals surface area contributed by atoms with E-state index in [0.717, 1.165) is 24.3 Å². The van der Waals surface area contributed by atoms with Crippen LogP contribution in [0.3, 0.4) is 0 Å². The summed E-state index contributed by atoms with van der Waals surface area (Å²) < 4.78 is 5.42. The second kappa shape index (κ2) is 7.09. The molecule has 2 aliphatic rings. The van der Waals surface area contributed by atoms with E-state index in [1.807, 2.05) is 32.3 Å². The molecule has 1 amide bonds. The number of aliphatic imine (C=N–C) groups is 1. The van der Waals surface area contributed by atoms with Gasteiger partial charge in [0.05, 0.1) is 16.1 Å². The van der Waals surface area contributed by atoms with Gasteiger partial charge in [-0.2, -0.15) is 0 Å². The van der Waals surface area contributed by atoms with Crippen molar-refractivity contribution in [1.82, 2.24) is 4.90 Å². The number of benzene rings is 1. The highest BCUT2D eigenvalue weighted by atomic mass is 32.2. The molecule has 0 fully saturated rings. The number of nitrogens with zero attached hydrogens (tertiary/aromatic N) is 3. The van der Waals surface area contributed by atoms with Crippen molar-refractivity contribution >= 4 is 34.9 Å². The zero-order valence-electron chi connectivity index (χ0n) is 14.9. The number of amidine groups is 1. The molecule has 0 radical (unpaired) electrons. The second-order valence-electron chi connectivity index (χ2n) is 6.71. The summed E-state index contributed by atoms with van der Waals surface area (Å²) in [6, 6.07) is 5.62. The van der Waals surface area contributed by atoms with Crippen LogP contribution >= 0.6 is 11.8 Å². The zero-order chi connectivity index (χ0) is 18.0. The fraction of sp³-hybridized carbons (Fsp3) is 0.444. The Labute approximate surface area is 152 Å². The van der Waals surface area contributed by atoms with Gasteiger partial charge in [-0.3, -0.25) is 4.79 Å². The van der Waals surface area contributed by atoms with Crippen molar-refractivity contribution in [2.75, 3.05) is 38.7 Å². The minimum atomic E-state index is -0.190. The van der Waals surface area contributed by atoms with Crippen molar-refractivity contribution in [3.8, 4) is 5.75 Å². The molecule has 0 saturated heterocycles. The fourth-order valence-corrected chi connectivity index (χ4v) is 3.60. The number of rotatable bonds is 5. The number of anilines is 1. The molecule has 0 aromatic heterocycles. The monoisotopic (exact) mass is 360 g/mol. The minimum absolute atomic E-state index is 0.0222. The molecule has 2 heterocycles. The van der Waals surface area contributed by atoms with Gasteiger partial charge in [-0.05, 0) is 45.0 Å². The summed E-state index contributed by atoms with van der Waals surface area (Å²) in [5.74, 6) is 1.25.